The summed E-state index contributed by atoms with van der Waals surface area (Å²) >= 11 is 0. The van der Waals surface area contributed by atoms with E-state index in [1.807, 2.05) is 0 Å². The zero-order valence-corrected chi connectivity index (χ0v) is 16.4. The SMILES string of the molecule is COc1ccc(/C=C/C(=O)OCC(=O)Nc2cccc(NC(C)=O)c2)cc1OC. The van der Waals surface area contributed by atoms with Crippen LogP contribution < -0.4 is 20.1 Å². The Bertz CT molecular complexity index is 923. The normalized spacial score (nSPS) is 10.3. The number of amides is 2. The molecule has 8 nitrogen and oxygen atoms in total. The van der Waals surface area contributed by atoms with Crippen LogP contribution in [-0.4, -0.2) is 38.6 Å². The second kappa shape index (κ2) is 10.5. The van der Waals surface area contributed by atoms with Crippen LogP contribution in [0.25, 0.3) is 6.08 Å². The fraction of sp³-hybridized carbons (Fsp3) is 0.190. The maximum atomic E-state index is 11.9. The molecule has 29 heavy (non-hydrogen) atoms. The highest BCUT2D eigenvalue weighted by atomic mass is 16.5. The molecular weight excluding hydrogens is 376 g/mol. The molecule has 0 unspecified atom stereocenters. The van der Waals surface area contributed by atoms with E-state index < -0.39 is 18.5 Å². The van der Waals surface area contributed by atoms with E-state index in [-0.39, 0.29) is 5.91 Å². The summed E-state index contributed by atoms with van der Waals surface area (Å²) in [5, 5.41) is 5.21. The van der Waals surface area contributed by atoms with Crippen LogP contribution in [0.1, 0.15) is 12.5 Å². The molecule has 0 atom stereocenters. The molecule has 0 heterocycles. The minimum atomic E-state index is -0.665. The topological polar surface area (TPSA) is 103 Å². The quantitative estimate of drug-likeness (QED) is 0.524. The zero-order valence-electron chi connectivity index (χ0n) is 16.4. The van der Waals surface area contributed by atoms with Gasteiger partial charge < -0.3 is 24.8 Å². The first-order valence-corrected chi connectivity index (χ1v) is 8.65. The average Bonchev–Trinajstić information content (AvgIpc) is 2.70. The van der Waals surface area contributed by atoms with Gasteiger partial charge in [-0.3, -0.25) is 9.59 Å². The molecule has 0 aromatic heterocycles. The number of benzene rings is 2. The van der Waals surface area contributed by atoms with E-state index >= 15 is 0 Å². The van der Waals surface area contributed by atoms with Gasteiger partial charge in [0, 0.05) is 24.4 Å². The number of ether oxygens (including phenoxy) is 3. The van der Waals surface area contributed by atoms with Crippen LogP contribution in [0.5, 0.6) is 11.5 Å². The number of methoxy groups -OCH3 is 2. The maximum Gasteiger partial charge on any atom is 0.331 e. The van der Waals surface area contributed by atoms with Gasteiger partial charge in [0.2, 0.25) is 5.91 Å². The fourth-order valence-electron chi connectivity index (χ4n) is 2.38. The third-order valence-corrected chi connectivity index (χ3v) is 3.63. The molecule has 152 valence electrons. The van der Waals surface area contributed by atoms with Gasteiger partial charge in [0.1, 0.15) is 0 Å². The van der Waals surface area contributed by atoms with Crippen LogP contribution in [0, 0.1) is 0 Å². The van der Waals surface area contributed by atoms with Crippen LogP contribution in [-0.2, 0) is 19.1 Å². The molecule has 0 spiro atoms. The van der Waals surface area contributed by atoms with E-state index in [4.69, 9.17) is 14.2 Å². The molecule has 2 aromatic rings. The number of carbonyl (C=O) groups is 3. The van der Waals surface area contributed by atoms with Gasteiger partial charge in [-0.2, -0.15) is 0 Å². The molecule has 2 amide bonds. The van der Waals surface area contributed by atoms with Gasteiger partial charge in [-0.05, 0) is 42.0 Å². The Balaban J connectivity index is 1.86. The molecular formula is C21H22N2O6. The molecule has 2 aromatic carbocycles. The Morgan fingerprint density at radius 1 is 0.931 bits per heavy atom. The molecule has 2 rings (SSSR count). The van der Waals surface area contributed by atoms with E-state index in [1.165, 1.54) is 27.2 Å². The highest BCUT2D eigenvalue weighted by Gasteiger charge is 2.07. The van der Waals surface area contributed by atoms with Crippen molar-refractivity contribution in [1.82, 2.24) is 0 Å². The van der Waals surface area contributed by atoms with Gasteiger partial charge in [0.25, 0.3) is 5.91 Å². The third kappa shape index (κ3) is 7.02. The maximum absolute atomic E-state index is 11.9. The summed E-state index contributed by atoms with van der Waals surface area (Å²) in [7, 11) is 3.05. The molecule has 0 radical (unpaired) electrons. The minimum Gasteiger partial charge on any atom is -0.493 e. The number of nitrogens with one attached hydrogen (secondary N) is 2. The molecule has 0 bridgehead atoms. The van der Waals surface area contributed by atoms with Gasteiger partial charge in [-0.15, -0.1) is 0 Å². The Morgan fingerprint density at radius 2 is 1.62 bits per heavy atom. The number of hydrogen-bond acceptors (Lipinski definition) is 6. The van der Waals surface area contributed by atoms with Crippen molar-refractivity contribution in [1.29, 1.82) is 0 Å². The Kier molecular flexibility index (Phi) is 7.78. The van der Waals surface area contributed by atoms with Crippen molar-refractivity contribution in [3.05, 3.63) is 54.1 Å². The van der Waals surface area contributed by atoms with Gasteiger partial charge in [-0.1, -0.05) is 12.1 Å². The fourth-order valence-corrected chi connectivity index (χ4v) is 2.38. The summed E-state index contributed by atoms with van der Waals surface area (Å²) in [6.45, 7) is 0.944. The molecule has 8 heteroatoms. The van der Waals surface area contributed by atoms with Crippen molar-refractivity contribution >= 4 is 35.2 Å². The summed E-state index contributed by atoms with van der Waals surface area (Å²) in [5.41, 5.74) is 1.72. The van der Waals surface area contributed by atoms with E-state index in [1.54, 1.807) is 48.5 Å². The first-order chi connectivity index (χ1) is 13.9. The van der Waals surface area contributed by atoms with Crippen LogP contribution in [0.4, 0.5) is 11.4 Å². The molecule has 0 aliphatic heterocycles. The molecule has 0 saturated heterocycles. The Hall–Kier alpha value is -3.81. The lowest BCUT2D eigenvalue weighted by Gasteiger charge is -2.08. The molecule has 0 aliphatic rings. The number of carbonyl (C=O) groups excluding carboxylic acids is 3. The van der Waals surface area contributed by atoms with E-state index in [2.05, 4.69) is 10.6 Å². The molecule has 0 fully saturated rings. The highest BCUT2D eigenvalue weighted by Crippen LogP contribution is 2.27. The van der Waals surface area contributed by atoms with Crippen LogP contribution in [0.15, 0.2) is 48.5 Å². The van der Waals surface area contributed by atoms with Crippen LogP contribution in [0.3, 0.4) is 0 Å². The summed E-state index contributed by atoms with van der Waals surface area (Å²) in [5.74, 6) is -0.279. The summed E-state index contributed by atoms with van der Waals surface area (Å²) < 4.78 is 15.3. The van der Waals surface area contributed by atoms with E-state index in [0.717, 1.165) is 0 Å². The van der Waals surface area contributed by atoms with Crippen molar-refractivity contribution in [3.8, 4) is 11.5 Å². The van der Waals surface area contributed by atoms with Crippen molar-refractivity contribution in [2.75, 3.05) is 31.5 Å². The van der Waals surface area contributed by atoms with Crippen LogP contribution in [0.2, 0.25) is 0 Å². The molecule has 0 saturated carbocycles. The smallest absolute Gasteiger partial charge is 0.331 e. The lowest BCUT2D eigenvalue weighted by Crippen LogP contribution is -2.20. The first kappa shape index (κ1) is 21.5. The minimum absolute atomic E-state index is 0.219. The van der Waals surface area contributed by atoms with Gasteiger partial charge in [0.15, 0.2) is 18.1 Å². The van der Waals surface area contributed by atoms with Crippen LogP contribution >= 0.6 is 0 Å². The second-order valence-electron chi connectivity index (χ2n) is 5.87. The average molecular weight is 398 g/mol. The van der Waals surface area contributed by atoms with Crippen molar-refractivity contribution in [2.24, 2.45) is 0 Å². The zero-order chi connectivity index (χ0) is 21.2. The largest absolute Gasteiger partial charge is 0.493 e. The monoisotopic (exact) mass is 398 g/mol. The van der Waals surface area contributed by atoms with Gasteiger partial charge >= 0.3 is 5.97 Å². The lowest BCUT2D eigenvalue weighted by molar-refractivity contribution is -0.142. The molecule has 0 aliphatic carbocycles. The van der Waals surface area contributed by atoms with E-state index in [0.29, 0.717) is 28.4 Å². The van der Waals surface area contributed by atoms with Crippen molar-refractivity contribution < 1.29 is 28.6 Å². The Morgan fingerprint density at radius 3 is 2.28 bits per heavy atom. The van der Waals surface area contributed by atoms with E-state index in [9.17, 15) is 14.4 Å². The highest BCUT2D eigenvalue weighted by molar-refractivity contribution is 5.95. The lowest BCUT2D eigenvalue weighted by atomic mass is 10.2. The number of hydrogen-bond donors (Lipinski definition) is 2. The van der Waals surface area contributed by atoms with Crippen molar-refractivity contribution in [3.63, 3.8) is 0 Å². The van der Waals surface area contributed by atoms with Gasteiger partial charge in [0.05, 0.1) is 14.2 Å². The summed E-state index contributed by atoms with van der Waals surface area (Å²) in [6.07, 6.45) is 2.75. The summed E-state index contributed by atoms with van der Waals surface area (Å²) in [6, 6.07) is 11.8. The van der Waals surface area contributed by atoms with Gasteiger partial charge in [-0.25, -0.2) is 4.79 Å². The van der Waals surface area contributed by atoms with Crippen molar-refractivity contribution in [2.45, 2.75) is 6.92 Å². The number of rotatable bonds is 8. The number of anilines is 2. The second-order valence-corrected chi connectivity index (χ2v) is 5.87. The third-order valence-electron chi connectivity index (χ3n) is 3.63. The number of esters is 1. The Labute approximate surface area is 168 Å². The standard InChI is InChI=1S/C21H22N2O6/c1-14(24)22-16-5-4-6-17(12-16)23-20(25)13-29-21(26)10-8-15-7-9-18(27-2)19(11-15)28-3/h4-12H,13H2,1-3H3,(H,22,24)(H,23,25)/b10-8+. The predicted octanol–water partition coefficient (Wildman–Crippen LogP) is 2.86. The summed E-state index contributed by atoms with van der Waals surface area (Å²) in [4.78, 5) is 34.9. The predicted molar refractivity (Wildman–Crippen MR) is 109 cm³/mol. The first-order valence-electron chi connectivity index (χ1n) is 8.65. The molecule has 2 N–H and O–H groups in total.